The van der Waals surface area contributed by atoms with Crippen molar-refractivity contribution in [2.45, 2.75) is 24.3 Å². The Morgan fingerprint density at radius 2 is 1.84 bits per heavy atom. The Balaban J connectivity index is 1.43. The van der Waals surface area contributed by atoms with E-state index in [0.717, 1.165) is 5.56 Å². The van der Waals surface area contributed by atoms with Crippen LogP contribution < -0.4 is 4.90 Å². The van der Waals surface area contributed by atoms with E-state index in [-0.39, 0.29) is 29.0 Å². The third-order valence-electron chi connectivity index (χ3n) is 5.22. The molecule has 0 bridgehead atoms. The number of halogens is 1. The molecule has 0 N–H and O–H groups in total. The quantitative estimate of drug-likeness (QED) is 0.396. The van der Waals surface area contributed by atoms with Crippen LogP contribution >= 0.6 is 11.5 Å². The third kappa shape index (κ3) is 4.61. The number of nitro benzene ring substituents is 1. The van der Waals surface area contributed by atoms with Gasteiger partial charge in [0.05, 0.1) is 9.82 Å². The lowest BCUT2D eigenvalue weighted by Crippen LogP contribution is -2.54. The molecule has 1 unspecified atom stereocenters. The number of non-ortho nitro benzene ring substituents is 1. The number of nitrogens with zero attached hydrogens (tertiary/aromatic N) is 5. The van der Waals surface area contributed by atoms with E-state index in [1.807, 2.05) is 11.8 Å². The van der Waals surface area contributed by atoms with Crippen LogP contribution in [0.4, 0.5) is 15.2 Å². The smallest absolute Gasteiger partial charge is 0.269 e. The molecule has 32 heavy (non-hydrogen) atoms. The van der Waals surface area contributed by atoms with E-state index in [0.29, 0.717) is 30.5 Å². The van der Waals surface area contributed by atoms with Gasteiger partial charge in [-0.3, -0.25) is 10.1 Å². The summed E-state index contributed by atoms with van der Waals surface area (Å²) in [6.45, 7) is 2.96. The van der Waals surface area contributed by atoms with Crippen molar-refractivity contribution < 1.29 is 17.7 Å². The molecule has 1 atom stereocenters. The van der Waals surface area contributed by atoms with E-state index in [1.165, 1.54) is 52.2 Å². The first-order chi connectivity index (χ1) is 15.2. The van der Waals surface area contributed by atoms with Crippen LogP contribution in [-0.2, 0) is 16.4 Å². The molecule has 3 aromatic rings. The van der Waals surface area contributed by atoms with Crippen LogP contribution in [0.3, 0.4) is 0 Å². The van der Waals surface area contributed by atoms with Gasteiger partial charge in [0.15, 0.2) is 0 Å². The fraction of sp³-hybridized carbons (Fsp3) is 0.300. The Morgan fingerprint density at radius 3 is 2.47 bits per heavy atom. The summed E-state index contributed by atoms with van der Waals surface area (Å²) in [5, 5.41) is 11.5. The maximum Gasteiger partial charge on any atom is 0.269 e. The molecule has 0 spiro atoms. The predicted octanol–water partition coefficient (Wildman–Crippen LogP) is 3.08. The van der Waals surface area contributed by atoms with Crippen molar-refractivity contribution in [1.29, 1.82) is 0 Å². The highest BCUT2D eigenvalue weighted by Crippen LogP contribution is 2.27. The Hall–Kier alpha value is -2.96. The van der Waals surface area contributed by atoms with Gasteiger partial charge in [-0.2, -0.15) is 8.68 Å². The molecule has 1 aliphatic rings. The second kappa shape index (κ2) is 8.88. The van der Waals surface area contributed by atoms with E-state index in [1.54, 1.807) is 12.1 Å². The summed E-state index contributed by atoms with van der Waals surface area (Å²) in [5.74, 6) is 0.335. The van der Waals surface area contributed by atoms with Crippen molar-refractivity contribution in [2.24, 2.45) is 0 Å². The lowest BCUT2D eigenvalue weighted by molar-refractivity contribution is -0.384. The van der Waals surface area contributed by atoms with Gasteiger partial charge in [-0.25, -0.2) is 17.8 Å². The fourth-order valence-electron chi connectivity index (χ4n) is 3.58. The highest BCUT2D eigenvalue weighted by atomic mass is 32.2. The van der Waals surface area contributed by atoms with Crippen LogP contribution in [0.15, 0.2) is 53.4 Å². The zero-order valence-electron chi connectivity index (χ0n) is 17.1. The van der Waals surface area contributed by atoms with Gasteiger partial charge in [-0.15, -0.1) is 0 Å². The lowest BCUT2D eigenvalue weighted by atomic mass is 10.1. The summed E-state index contributed by atoms with van der Waals surface area (Å²) < 4.78 is 44.9. The van der Waals surface area contributed by atoms with Crippen molar-refractivity contribution in [3.63, 3.8) is 0 Å². The number of sulfonamides is 1. The monoisotopic (exact) mass is 477 g/mol. The highest BCUT2D eigenvalue weighted by Gasteiger charge is 2.34. The van der Waals surface area contributed by atoms with Gasteiger partial charge in [0.25, 0.3) is 5.69 Å². The molecule has 0 amide bonds. The molecule has 0 saturated carbocycles. The second-order valence-electron chi connectivity index (χ2n) is 7.46. The standard InChI is InChI=1S/C20H20FN5O4S2/c1-14-13-24(20-22-19(23-31-20)12-15-2-4-16(21)5-3-15)10-11-25(14)32(29,30)18-8-6-17(7-9-18)26(27)28/h2-9,14H,10-13H2,1H3. The van der Waals surface area contributed by atoms with E-state index in [9.17, 15) is 22.9 Å². The number of rotatable bonds is 6. The molecule has 1 saturated heterocycles. The SMILES string of the molecule is CC1CN(c2nc(Cc3ccc(F)cc3)ns2)CCN1S(=O)(=O)c1ccc([N+](=O)[O-])cc1. The van der Waals surface area contributed by atoms with Gasteiger partial charge >= 0.3 is 0 Å². The van der Waals surface area contributed by atoms with Crippen LogP contribution in [0.2, 0.25) is 0 Å². The lowest BCUT2D eigenvalue weighted by Gasteiger charge is -2.38. The van der Waals surface area contributed by atoms with Crippen molar-refractivity contribution in [2.75, 3.05) is 24.5 Å². The molecular weight excluding hydrogens is 457 g/mol. The second-order valence-corrected chi connectivity index (χ2v) is 10.1. The maximum absolute atomic E-state index is 13.1. The molecule has 12 heteroatoms. The molecule has 2 heterocycles. The molecule has 1 aliphatic heterocycles. The summed E-state index contributed by atoms with van der Waals surface area (Å²) in [4.78, 5) is 16.8. The zero-order chi connectivity index (χ0) is 22.9. The van der Waals surface area contributed by atoms with Crippen molar-refractivity contribution in [1.82, 2.24) is 13.7 Å². The normalized spacial score (nSPS) is 17.4. The van der Waals surface area contributed by atoms with E-state index in [4.69, 9.17) is 0 Å². The number of piperazine rings is 1. The first kappa shape index (κ1) is 22.2. The maximum atomic E-state index is 13.1. The largest absolute Gasteiger partial charge is 0.344 e. The molecule has 9 nitrogen and oxygen atoms in total. The fourth-order valence-corrected chi connectivity index (χ4v) is 5.91. The van der Waals surface area contributed by atoms with Crippen LogP contribution in [0, 0.1) is 15.9 Å². The van der Waals surface area contributed by atoms with Crippen molar-refractivity contribution in [3.05, 3.63) is 75.9 Å². The Morgan fingerprint density at radius 1 is 1.16 bits per heavy atom. The first-order valence-electron chi connectivity index (χ1n) is 9.82. The number of aromatic nitrogens is 2. The van der Waals surface area contributed by atoms with E-state index < -0.39 is 14.9 Å². The molecule has 4 rings (SSSR count). The van der Waals surface area contributed by atoms with Gasteiger partial charge in [0.1, 0.15) is 11.6 Å². The number of anilines is 1. The third-order valence-corrected chi connectivity index (χ3v) is 8.07. The minimum atomic E-state index is -3.78. The summed E-state index contributed by atoms with van der Waals surface area (Å²) in [6, 6.07) is 10.8. The average molecular weight is 478 g/mol. The first-order valence-corrected chi connectivity index (χ1v) is 12.0. The van der Waals surface area contributed by atoms with Crippen LogP contribution in [0.5, 0.6) is 0 Å². The van der Waals surface area contributed by atoms with Gasteiger partial charge in [0, 0.05) is 55.8 Å². The summed E-state index contributed by atoms with van der Waals surface area (Å²) in [5.41, 5.74) is 0.748. The molecular formula is C20H20FN5O4S2. The Labute approximate surface area is 188 Å². The Bertz CT molecular complexity index is 1220. The molecule has 168 valence electrons. The van der Waals surface area contributed by atoms with E-state index >= 15 is 0 Å². The van der Waals surface area contributed by atoms with E-state index in [2.05, 4.69) is 9.36 Å². The van der Waals surface area contributed by atoms with Crippen LogP contribution in [0.25, 0.3) is 0 Å². The number of benzene rings is 2. The number of hydrogen-bond acceptors (Lipinski definition) is 8. The molecule has 0 radical (unpaired) electrons. The molecule has 1 aromatic heterocycles. The van der Waals surface area contributed by atoms with Crippen molar-refractivity contribution in [3.8, 4) is 0 Å². The van der Waals surface area contributed by atoms with Gasteiger partial charge in [0.2, 0.25) is 15.2 Å². The number of hydrogen-bond donors (Lipinski definition) is 0. The number of nitro groups is 1. The van der Waals surface area contributed by atoms with Gasteiger partial charge in [-0.05, 0) is 36.8 Å². The average Bonchev–Trinajstić information content (AvgIpc) is 3.23. The summed E-state index contributed by atoms with van der Waals surface area (Å²) >= 11 is 1.25. The predicted molar refractivity (Wildman–Crippen MR) is 118 cm³/mol. The van der Waals surface area contributed by atoms with Gasteiger partial charge in [-0.1, -0.05) is 12.1 Å². The minimum absolute atomic E-state index is 0.0286. The van der Waals surface area contributed by atoms with Crippen LogP contribution in [-0.4, -0.2) is 52.7 Å². The Kier molecular flexibility index (Phi) is 6.17. The summed E-state index contributed by atoms with van der Waals surface area (Å²) in [6.07, 6.45) is 0.487. The molecule has 0 aliphatic carbocycles. The molecule has 2 aromatic carbocycles. The minimum Gasteiger partial charge on any atom is -0.344 e. The topological polar surface area (TPSA) is 110 Å². The zero-order valence-corrected chi connectivity index (χ0v) is 18.7. The van der Waals surface area contributed by atoms with Crippen LogP contribution in [0.1, 0.15) is 18.3 Å². The van der Waals surface area contributed by atoms with Crippen molar-refractivity contribution >= 4 is 32.4 Å². The summed E-state index contributed by atoms with van der Waals surface area (Å²) in [7, 11) is -3.78. The molecule has 1 fully saturated rings. The van der Waals surface area contributed by atoms with Gasteiger partial charge < -0.3 is 4.90 Å². The highest BCUT2D eigenvalue weighted by molar-refractivity contribution is 7.89.